The Morgan fingerprint density at radius 3 is 2.84 bits per heavy atom. The predicted molar refractivity (Wildman–Crippen MR) is 75.9 cm³/mol. The number of nitrogens with one attached hydrogen (secondary N) is 1. The number of aromatic nitrogens is 2. The van der Waals surface area contributed by atoms with Crippen molar-refractivity contribution in [2.45, 2.75) is 6.92 Å². The molecular formula is C13H13ClN4O. The molecule has 2 rings (SSSR count). The van der Waals surface area contributed by atoms with Crippen LogP contribution >= 0.6 is 11.6 Å². The van der Waals surface area contributed by atoms with Gasteiger partial charge in [-0.3, -0.25) is 5.43 Å². The van der Waals surface area contributed by atoms with Crippen LogP contribution in [0.5, 0.6) is 5.75 Å². The molecule has 0 radical (unpaired) electrons. The second-order valence-corrected chi connectivity index (χ2v) is 3.97. The van der Waals surface area contributed by atoms with E-state index in [2.05, 4.69) is 20.7 Å². The first-order chi connectivity index (χ1) is 9.29. The van der Waals surface area contributed by atoms with Crippen LogP contribution in [-0.2, 0) is 0 Å². The molecule has 0 aliphatic carbocycles. The highest BCUT2D eigenvalue weighted by molar-refractivity contribution is 6.29. The average Bonchev–Trinajstić information content (AvgIpc) is 2.43. The molecule has 98 valence electrons. The number of hydrazone groups is 1. The van der Waals surface area contributed by atoms with E-state index >= 15 is 0 Å². The van der Waals surface area contributed by atoms with E-state index in [0.29, 0.717) is 17.6 Å². The van der Waals surface area contributed by atoms with Gasteiger partial charge in [0.05, 0.1) is 12.8 Å². The number of nitrogens with zero attached hydrogens (tertiary/aromatic N) is 3. The van der Waals surface area contributed by atoms with E-state index in [1.165, 1.54) is 0 Å². The molecule has 0 aliphatic rings. The maximum absolute atomic E-state index is 5.64. The van der Waals surface area contributed by atoms with Gasteiger partial charge in [-0.15, -0.1) is 10.2 Å². The summed E-state index contributed by atoms with van der Waals surface area (Å²) in [5.41, 5.74) is 3.66. The third-order valence-corrected chi connectivity index (χ3v) is 2.44. The largest absolute Gasteiger partial charge is 0.493 e. The van der Waals surface area contributed by atoms with Crippen LogP contribution < -0.4 is 10.2 Å². The van der Waals surface area contributed by atoms with E-state index in [0.717, 1.165) is 11.3 Å². The molecule has 0 atom stereocenters. The zero-order chi connectivity index (χ0) is 13.5. The minimum Gasteiger partial charge on any atom is -0.493 e. The zero-order valence-electron chi connectivity index (χ0n) is 10.4. The number of rotatable bonds is 5. The van der Waals surface area contributed by atoms with Gasteiger partial charge in [0.25, 0.3) is 0 Å². The summed E-state index contributed by atoms with van der Waals surface area (Å²) in [4.78, 5) is 0. The van der Waals surface area contributed by atoms with Crippen molar-refractivity contribution in [3.63, 3.8) is 0 Å². The topological polar surface area (TPSA) is 59.4 Å². The molecule has 5 nitrogen and oxygen atoms in total. The highest BCUT2D eigenvalue weighted by atomic mass is 35.5. The standard InChI is InChI=1S/C13H13ClN4O/c1-2-19-11-6-4-3-5-10(11)9-15-17-13-8-7-12(14)16-18-13/h3-9H,2H2,1H3,(H,17,18)/b15-9+. The van der Waals surface area contributed by atoms with Crippen molar-refractivity contribution < 1.29 is 4.74 Å². The maximum atomic E-state index is 5.64. The van der Waals surface area contributed by atoms with Crippen LogP contribution in [0.1, 0.15) is 12.5 Å². The third kappa shape index (κ3) is 3.93. The molecule has 1 aromatic carbocycles. The van der Waals surface area contributed by atoms with Crippen LogP contribution in [0.25, 0.3) is 0 Å². The van der Waals surface area contributed by atoms with Gasteiger partial charge in [0, 0.05) is 5.56 Å². The molecular weight excluding hydrogens is 264 g/mol. The van der Waals surface area contributed by atoms with E-state index < -0.39 is 0 Å². The van der Waals surface area contributed by atoms with Gasteiger partial charge < -0.3 is 4.74 Å². The Morgan fingerprint density at radius 2 is 2.11 bits per heavy atom. The lowest BCUT2D eigenvalue weighted by molar-refractivity contribution is 0.340. The Morgan fingerprint density at radius 1 is 1.26 bits per heavy atom. The number of anilines is 1. The molecule has 0 fully saturated rings. The van der Waals surface area contributed by atoms with Crippen molar-refractivity contribution in [1.82, 2.24) is 10.2 Å². The van der Waals surface area contributed by atoms with E-state index in [1.807, 2.05) is 31.2 Å². The molecule has 0 bridgehead atoms. The molecule has 1 heterocycles. The zero-order valence-corrected chi connectivity index (χ0v) is 11.1. The van der Waals surface area contributed by atoms with E-state index in [1.54, 1.807) is 18.3 Å². The number of hydrogen-bond donors (Lipinski definition) is 1. The summed E-state index contributed by atoms with van der Waals surface area (Å²) in [6.45, 7) is 2.55. The minimum atomic E-state index is 0.344. The maximum Gasteiger partial charge on any atom is 0.168 e. The Labute approximate surface area is 116 Å². The molecule has 2 aromatic rings. The van der Waals surface area contributed by atoms with Gasteiger partial charge in [0.2, 0.25) is 0 Å². The third-order valence-electron chi connectivity index (χ3n) is 2.23. The number of benzene rings is 1. The quantitative estimate of drug-likeness (QED) is 0.674. The van der Waals surface area contributed by atoms with Crippen LogP contribution in [-0.4, -0.2) is 23.0 Å². The first-order valence-electron chi connectivity index (χ1n) is 5.79. The Hall–Kier alpha value is -2.14. The second kappa shape index (κ2) is 6.70. The van der Waals surface area contributed by atoms with Gasteiger partial charge in [0.1, 0.15) is 5.75 Å². The molecule has 0 unspecified atom stereocenters. The lowest BCUT2D eigenvalue weighted by Gasteiger charge is -2.05. The molecule has 0 saturated heterocycles. The minimum absolute atomic E-state index is 0.344. The van der Waals surface area contributed by atoms with Gasteiger partial charge in [-0.25, -0.2) is 0 Å². The van der Waals surface area contributed by atoms with Crippen molar-refractivity contribution in [2.75, 3.05) is 12.0 Å². The summed E-state index contributed by atoms with van der Waals surface area (Å²) >= 11 is 5.64. The van der Waals surface area contributed by atoms with Crippen molar-refractivity contribution in [1.29, 1.82) is 0 Å². The first-order valence-corrected chi connectivity index (χ1v) is 6.17. The molecule has 6 heteroatoms. The van der Waals surface area contributed by atoms with Crippen molar-refractivity contribution >= 4 is 23.6 Å². The van der Waals surface area contributed by atoms with Gasteiger partial charge in [-0.05, 0) is 31.2 Å². The second-order valence-electron chi connectivity index (χ2n) is 3.58. The number of ether oxygens (including phenoxy) is 1. The first kappa shape index (κ1) is 13.3. The lowest BCUT2D eigenvalue weighted by atomic mass is 10.2. The van der Waals surface area contributed by atoms with Crippen molar-refractivity contribution in [3.05, 3.63) is 47.1 Å². The van der Waals surface area contributed by atoms with E-state index in [9.17, 15) is 0 Å². The number of hydrogen-bond acceptors (Lipinski definition) is 5. The molecule has 19 heavy (non-hydrogen) atoms. The lowest BCUT2D eigenvalue weighted by Crippen LogP contribution is -1.98. The molecule has 1 N–H and O–H groups in total. The van der Waals surface area contributed by atoms with Crippen LogP contribution in [0.15, 0.2) is 41.5 Å². The SMILES string of the molecule is CCOc1ccccc1/C=N/Nc1ccc(Cl)nn1. The van der Waals surface area contributed by atoms with Gasteiger partial charge in [0.15, 0.2) is 11.0 Å². The highest BCUT2D eigenvalue weighted by Crippen LogP contribution is 2.15. The van der Waals surface area contributed by atoms with Crippen LogP contribution in [0.2, 0.25) is 5.15 Å². The molecule has 1 aromatic heterocycles. The van der Waals surface area contributed by atoms with Crippen LogP contribution in [0.3, 0.4) is 0 Å². The van der Waals surface area contributed by atoms with Crippen LogP contribution in [0.4, 0.5) is 5.82 Å². The molecule has 0 amide bonds. The van der Waals surface area contributed by atoms with E-state index in [-0.39, 0.29) is 0 Å². The van der Waals surface area contributed by atoms with Crippen molar-refractivity contribution in [2.24, 2.45) is 5.10 Å². The van der Waals surface area contributed by atoms with Crippen molar-refractivity contribution in [3.8, 4) is 5.75 Å². The summed E-state index contributed by atoms with van der Waals surface area (Å²) in [6.07, 6.45) is 1.67. The number of para-hydroxylation sites is 1. The molecule has 0 aliphatic heterocycles. The Bertz CT molecular complexity index is 557. The van der Waals surface area contributed by atoms with Gasteiger partial charge >= 0.3 is 0 Å². The Balaban J connectivity index is 2.04. The summed E-state index contributed by atoms with van der Waals surface area (Å²) in [5.74, 6) is 1.31. The predicted octanol–water partition coefficient (Wildman–Crippen LogP) is 2.97. The molecule has 0 saturated carbocycles. The van der Waals surface area contributed by atoms with Gasteiger partial charge in [-0.1, -0.05) is 23.7 Å². The summed E-state index contributed by atoms with van der Waals surface area (Å²) < 4.78 is 5.49. The summed E-state index contributed by atoms with van der Waals surface area (Å²) in [7, 11) is 0. The molecule has 0 spiro atoms. The van der Waals surface area contributed by atoms with E-state index in [4.69, 9.17) is 16.3 Å². The fourth-order valence-corrected chi connectivity index (χ4v) is 1.52. The normalized spacial score (nSPS) is 10.6. The smallest absolute Gasteiger partial charge is 0.168 e. The van der Waals surface area contributed by atoms with Gasteiger partial charge in [-0.2, -0.15) is 5.10 Å². The number of halogens is 1. The fourth-order valence-electron chi connectivity index (χ4n) is 1.42. The summed E-state index contributed by atoms with van der Waals surface area (Å²) in [5, 5.41) is 12.0. The fraction of sp³-hybridized carbons (Fsp3) is 0.154. The summed E-state index contributed by atoms with van der Waals surface area (Å²) in [6, 6.07) is 11.0. The van der Waals surface area contributed by atoms with Crippen LogP contribution in [0, 0.1) is 0 Å². The highest BCUT2D eigenvalue weighted by Gasteiger charge is 1.99. The monoisotopic (exact) mass is 276 g/mol. The average molecular weight is 277 g/mol. The Kier molecular flexibility index (Phi) is 4.69.